The van der Waals surface area contributed by atoms with Crippen LogP contribution in [0.3, 0.4) is 0 Å². The molecule has 2 aliphatic carbocycles. The third kappa shape index (κ3) is 4.95. The van der Waals surface area contributed by atoms with E-state index in [1.165, 1.54) is 6.42 Å². The van der Waals surface area contributed by atoms with E-state index in [2.05, 4.69) is 27.7 Å². The molecule has 0 spiro atoms. The van der Waals surface area contributed by atoms with Gasteiger partial charge >= 0.3 is 0 Å². The van der Waals surface area contributed by atoms with Gasteiger partial charge in [-0.1, -0.05) is 33.3 Å². The third-order valence-corrected chi connectivity index (χ3v) is 8.92. The number of hydrogen-bond acceptors (Lipinski definition) is 7. The highest BCUT2D eigenvalue weighted by Gasteiger charge is 2.59. The van der Waals surface area contributed by atoms with Crippen LogP contribution in [0.15, 0.2) is 11.6 Å². The van der Waals surface area contributed by atoms with E-state index < -0.39 is 30.2 Å². The average molecular weight is 457 g/mol. The van der Waals surface area contributed by atoms with Gasteiger partial charge in [0.1, 0.15) is 18.3 Å². The van der Waals surface area contributed by atoms with Crippen molar-refractivity contribution < 1.29 is 35.0 Å². The molecular formula is C25H44O7. The molecule has 3 fully saturated rings. The highest BCUT2D eigenvalue weighted by molar-refractivity contribution is 5.10. The van der Waals surface area contributed by atoms with E-state index in [9.17, 15) is 25.5 Å². The number of hydrogen-bond donors (Lipinski definition) is 5. The number of rotatable bonds is 7. The summed E-state index contributed by atoms with van der Waals surface area (Å²) < 4.78 is 12.1. The van der Waals surface area contributed by atoms with Crippen LogP contribution in [0.4, 0.5) is 0 Å². The standard InChI is InChI=1S/C25H44O7/c1-23(2)10-5-11-24(3)18(23)8-12-25(4,19(24)7-6-16(14-27)9-13-26)32-22-21(30)20(29)17(28)15-31-22/h9,17-22,26-30H,5-8,10-15H2,1-4H3/b16-9-/t17-,18-,19+,20+,21-,22+,24-,25+/m0/s1. The lowest BCUT2D eigenvalue weighted by Crippen LogP contribution is -2.62. The Hall–Kier alpha value is -0.540. The first kappa shape index (κ1) is 26.1. The zero-order chi connectivity index (χ0) is 23.7. The van der Waals surface area contributed by atoms with Crippen LogP contribution in [0, 0.1) is 22.7 Å². The molecule has 0 aromatic rings. The summed E-state index contributed by atoms with van der Waals surface area (Å²) in [6, 6.07) is 0. The molecule has 0 aromatic carbocycles. The van der Waals surface area contributed by atoms with Crippen molar-refractivity contribution >= 4 is 0 Å². The topological polar surface area (TPSA) is 120 Å². The number of aliphatic hydroxyl groups excluding tert-OH is 5. The minimum absolute atomic E-state index is 0.0201. The maximum atomic E-state index is 10.5. The van der Waals surface area contributed by atoms with E-state index in [-0.39, 0.29) is 36.6 Å². The highest BCUT2D eigenvalue weighted by Crippen LogP contribution is 2.64. The van der Waals surface area contributed by atoms with Crippen LogP contribution in [0.1, 0.15) is 72.6 Å². The second-order valence-electron chi connectivity index (χ2n) is 11.4. The molecule has 8 atom stereocenters. The van der Waals surface area contributed by atoms with Gasteiger partial charge in [-0.2, -0.15) is 0 Å². The van der Waals surface area contributed by atoms with E-state index in [0.29, 0.717) is 12.3 Å². The van der Waals surface area contributed by atoms with Crippen molar-refractivity contribution in [3.63, 3.8) is 0 Å². The van der Waals surface area contributed by atoms with Crippen molar-refractivity contribution in [2.75, 3.05) is 19.8 Å². The second-order valence-corrected chi connectivity index (χ2v) is 11.4. The Labute approximate surface area is 192 Å². The Balaban J connectivity index is 1.90. The summed E-state index contributed by atoms with van der Waals surface area (Å²) in [5.41, 5.74) is 0.482. The van der Waals surface area contributed by atoms with Gasteiger partial charge in [0.25, 0.3) is 0 Å². The SMILES string of the molecule is CC1(C)CCC[C@]2(C)[C@@H](CC/C(=C/CO)CO)[C@](C)(O[C@H]3OC[C@H](O)[C@@H](O)[C@@H]3O)CC[C@@H]12. The number of aliphatic hydroxyl groups is 5. The molecule has 32 heavy (non-hydrogen) atoms. The maximum Gasteiger partial charge on any atom is 0.186 e. The summed E-state index contributed by atoms with van der Waals surface area (Å²) >= 11 is 0. The van der Waals surface area contributed by atoms with Crippen molar-refractivity contribution in [2.24, 2.45) is 22.7 Å². The Bertz CT molecular complexity index is 665. The molecule has 3 aliphatic rings. The van der Waals surface area contributed by atoms with Crippen LogP contribution >= 0.6 is 0 Å². The molecule has 0 aromatic heterocycles. The molecular weight excluding hydrogens is 412 g/mol. The smallest absolute Gasteiger partial charge is 0.186 e. The second kappa shape index (κ2) is 9.98. The first-order valence-electron chi connectivity index (χ1n) is 12.2. The van der Waals surface area contributed by atoms with Gasteiger partial charge in [0.15, 0.2) is 6.29 Å². The van der Waals surface area contributed by atoms with E-state index in [0.717, 1.165) is 37.7 Å². The molecule has 0 radical (unpaired) electrons. The first-order valence-corrected chi connectivity index (χ1v) is 12.2. The summed E-state index contributed by atoms with van der Waals surface area (Å²) in [6.45, 7) is 8.94. The Morgan fingerprint density at radius 1 is 1.03 bits per heavy atom. The van der Waals surface area contributed by atoms with Crippen molar-refractivity contribution in [2.45, 2.75) is 103 Å². The van der Waals surface area contributed by atoms with Crippen molar-refractivity contribution in [1.29, 1.82) is 0 Å². The minimum atomic E-state index is -1.31. The summed E-state index contributed by atoms with van der Waals surface area (Å²) in [5, 5.41) is 49.5. The average Bonchev–Trinajstić information content (AvgIpc) is 2.72. The van der Waals surface area contributed by atoms with Crippen molar-refractivity contribution in [3.8, 4) is 0 Å². The van der Waals surface area contributed by atoms with Crippen LogP contribution < -0.4 is 0 Å². The lowest BCUT2D eigenvalue weighted by molar-refractivity contribution is -0.323. The maximum absolute atomic E-state index is 10.5. The van der Waals surface area contributed by atoms with Gasteiger partial charge in [0.2, 0.25) is 0 Å². The van der Waals surface area contributed by atoms with Gasteiger partial charge in [0.05, 0.1) is 25.4 Å². The summed E-state index contributed by atoms with van der Waals surface area (Å²) in [4.78, 5) is 0. The predicted molar refractivity (Wildman–Crippen MR) is 121 cm³/mol. The van der Waals surface area contributed by atoms with Crippen LogP contribution in [-0.4, -0.2) is 75.6 Å². The van der Waals surface area contributed by atoms with E-state index in [4.69, 9.17) is 9.47 Å². The molecule has 5 N–H and O–H groups in total. The van der Waals surface area contributed by atoms with Gasteiger partial charge in [-0.15, -0.1) is 0 Å². The zero-order valence-corrected chi connectivity index (χ0v) is 20.2. The van der Waals surface area contributed by atoms with Gasteiger partial charge in [-0.05, 0) is 73.7 Å². The molecule has 0 amide bonds. The first-order chi connectivity index (χ1) is 15.0. The molecule has 7 nitrogen and oxygen atoms in total. The van der Waals surface area contributed by atoms with Gasteiger partial charge in [-0.3, -0.25) is 0 Å². The van der Waals surface area contributed by atoms with Gasteiger partial charge < -0.3 is 35.0 Å². The lowest BCUT2D eigenvalue weighted by atomic mass is 9.45. The minimum Gasteiger partial charge on any atom is -0.392 e. The third-order valence-electron chi connectivity index (χ3n) is 8.92. The normalized spacial score (nSPS) is 44.8. The fourth-order valence-electron chi connectivity index (χ4n) is 7.24. The Kier molecular flexibility index (Phi) is 8.13. The van der Waals surface area contributed by atoms with Gasteiger partial charge in [0, 0.05) is 0 Å². The summed E-state index contributed by atoms with van der Waals surface area (Å²) in [5.74, 6) is 0.677. The lowest BCUT2D eigenvalue weighted by Gasteiger charge is -2.63. The zero-order valence-electron chi connectivity index (χ0n) is 20.2. The van der Waals surface area contributed by atoms with E-state index in [1.807, 2.05) is 0 Å². The number of fused-ring (bicyclic) bond motifs is 1. The van der Waals surface area contributed by atoms with Crippen LogP contribution in [-0.2, 0) is 9.47 Å². The molecule has 3 rings (SSSR count). The molecule has 1 saturated heterocycles. The summed E-state index contributed by atoms with van der Waals surface area (Å²) in [6.07, 6.45) is 3.68. The fourth-order valence-corrected chi connectivity index (χ4v) is 7.24. The molecule has 186 valence electrons. The molecule has 1 heterocycles. The van der Waals surface area contributed by atoms with E-state index in [1.54, 1.807) is 6.08 Å². The van der Waals surface area contributed by atoms with Crippen molar-refractivity contribution in [1.82, 2.24) is 0 Å². The largest absolute Gasteiger partial charge is 0.392 e. The Morgan fingerprint density at radius 3 is 2.41 bits per heavy atom. The quantitative estimate of drug-likeness (QED) is 0.294. The van der Waals surface area contributed by atoms with Crippen LogP contribution in [0.5, 0.6) is 0 Å². The monoisotopic (exact) mass is 456 g/mol. The fraction of sp³-hybridized carbons (Fsp3) is 0.920. The van der Waals surface area contributed by atoms with Crippen molar-refractivity contribution in [3.05, 3.63) is 11.6 Å². The molecule has 1 aliphatic heterocycles. The van der Waals surface area contributed by atoms with Crippen LogP contribution in [0.25, 0.3) is 0 Å². The Morgan fingerprint density at radius 2 is 1.75 bits per heavy atom. The number of ether oxygens (including phenoxy) is 2. The van der Waals surface area contributed by atoms with Crippen LogP contribution in [0.2, 0.25) is 0 Å². The molecule has 0 unspecified atom stereocenters. The van der Waals surface area contributed by atoms with Gasteiger partial charge in [-0.25, -0.2) is 0 Å². The predicted octanol–water partition coefficient (Wildman–Crippen LogP) is 2.13. The summed E-state index contributed by atoms with van der Waals surface area (Å²) in [7, 11) is 0. The van der Waals surface area contributed by atoms with E-state index >= 15 is 0 Å². The molecule has 2 saturated carbocycles. The molecule has 7 heteroatoms. The highest BCUT2D eigenvalue weighted by atomic mass is 16.7. The molecule has 0 bridgehead atoms.